The van der Waals surface area contributed by atoms with Gasteiger partial charge in [-0.3, -0.25) is 0 Å². The maximum absolute atomic E-state index is 13.2. The van der Waals surface area contributed by atoms with Gasteiger partial charge < -0.3 is 5.32 Å². The van der Waals surface area contributed by atoms with Crippen LogP contribution in [0, 0.1) is 30.0 Å². The molecule has 1 unspecified atom stereocenters. The maximum Gasteiger partial charge on any atom is 0.123 e. The smallest absolute Gasteiger partial charge is 0.123 e. The summed E-state index contributed by atoms with van der Waals surface area (Å²) < 4.78 is 13.2. The highest BCUT2D eigenvalue weighted by molar-refractivity contribution is 5.27. The number of benzene rings is 1. The zero-order valence-corrected chi connectivity index (χ0v) is 13.9. The minimum Gasteiger partial charge on any atom is -0.316 e. The number of nitrogens with one attached hydrogen (secondary N) is 1. The first-order valence-corrected chi connectivity index (χ1v) is 7.70. The van der Waals surface area contributed by atoms with Gasteiger partial charge in [0.05, 0.1) is 0 Å². The summed E-state index contributed by atoms with van der Waals surface area (Å²) in [6.45, 7) is 15.4. The molecule has 0 aliphatic carbocycles. The molecule has 114 valence electrons. The largest absolute Gasteiger partial charge is 0.316 e. The van der Waals surface area contributed by atoms with Gasteiger partial charge in [-0.25, -0.2) is 4.39 Å². The quantitative estimate of drug-likeness (QED) is 0.770. The molecule has 0 saturated heterocycles. The van der Waals surface area contributed by atoms with E-state index in [1.807, 2.05) is 13.0 Å². The van der Waals surface area contributed by atoms with E-state index in [1.54, 1.807) is 12.1 Å². The lowest BCUT2D eigenvalue weighted by Gasteiger charge is -2.35. The second kappa shape index (κ2) is 7.21. The van der Waals surface area contributed by atoms with E-state index in [0.717, 1.165) is 25.1 Å². The molecule has 1 N–H and O–H groups in total. The van der Waals surface area contributed by atoms with E-state index in [9.17, 15) is 4.39 Å². The Morgan fingerprint density at radius 1 is 1.20 bits per heavy atom. The summed E-state index contributed by atoms with van der Waals surface area (Å²) in [5.74, 6) is 1.10. The van der Waals surface area contributed by atoms with Crippen LogP contribution in [0.1, 0.15) is 45.7 Å². The van der Waals surface area contributed by atoms with Gasteiger partial charge in [-0.1, -0.05) is 40.7 Å². The van der Waals surface area contributed by atoms with Crippen molar-refractivity contribution >= 4 is 0 Å². The second-order valence-corrected chi connectivity index (χ2v) is 7.08. The monoisotopic (exact) mass is 279 g/mol. The Hall–Kier alpha value is -0.890. The Kier molecular flexibility index (Phi) is 6.19. The van der Waals surface area contributed by atoms with Crippen LogP contribution < -0.4 is 5.32 Å². The van der Waals surface area contributed by atoms with E-state index in [1.165, 1.54) is 5.56 Å². The average Bonchev–Trinajstić information content (AvgIpc) is 2.32. The van der Waals surface area contributed by atoms with Crippen LogP contribution in [0.3, 0.4) is 0 Å². The summed E-state index contributed by atoms with van der Waals surface area (Å²) in [6.07, 6.45) is 0.988. The van der Waals surface area contributed by atoms with Crippen LogP contribution in [0.2, 0.25) is 0 Å². The normalized spacial score (nSPS) is 14.8. The molecule has 0 radical (unpaired) electrons. The molecule has 1 aromatic carbocycles. The van der Waals surface area contributed by atoms with E-state index in [0.29, 0.717) is 11.8 Å². The third-order valence-electron chi connectivity index (χ3n) is 4.37. The van der Waals surface area contributed by atoms with Crippen molar-refractivity contribution in [1.82, 2.24) is 5.32 Å². The molecule has 0 bridgehead atoms. The molecule has 0 aliphatic rings. The first kappa shape index (κ1) is 17.2. The Morgan fingerprint density at radius 2 is 1.85 bits per heavy atom. The van der Waals surface area contributed by atoms with Crippen molar-refractivity contribution in [3.8, 4) is 0 Å². The molecule has 0 spiro atoms. The Balaban J connectivity index is 2.80. The fraction of sp³-hybridized carbons (Fsp3) is 0.667. The first-order chi connectivity index (χ1) is 9.24. The van der Waals surface area contributed by atoms with Crippen LogP contribution >= 0.6 is 0 Å². The molecule has 1 aromatic rings. The number of halogens is 1. The van der Waals surface area contributed by atoms with Crippen molar-refractivity contribution in [1.29, 1.82) is 0 Å². The molecule has 2 heteroatoms. The van der Waals surface area contributed by atoms with E-state index in [-0.39, 0.29) is 11.2 Å². The summed E-state index contributed by atoms with van der Waals surface area (Å²) >= 11 is 0. The Morgan fingerprint density at radius 3 is 2.35 bits per heavy atom. The van der Waals surface area contributed by atoms with Crippen molar-refractivity contribution in [3.63, 3.8) is 0 Å². The van der Waals surface area contributed by atoms with E-state index in [4.69, 9.17) is 0 Å². The van der Waals surface area contributed by atoms with Crippen LogP contribution in [0.15, 0.2) is 18.2 Å². The number of hydrogen-bond acceptors (Lipinski definition) is 1. The third-order valence-corrected chi connectivity index (χ3v) is 4.37. The zero-order chi connectivity index (χ0) is 15.3. The average molecular weight is 279 g/mol. The highest BCUT2D eigenvalue weighted by Crippen LogP contribution is 2.32. The Labute approximate surface area is 124 Å². The standard InChI is InChI=1S/C18H30FN/c1-13(2)11-20-12-18(6,14(3)4)10-16-7-8-17(19)9-15(16)5/h7-9,13-14,20H,10-12H2,1-6H3. The number of hydrogen-bond donors (Lipinski definition) is 1. The predicted octanol–water partition coefficient (Wildman–Crippen LogP) is 4.58. The molecule has 0 aliphatic heterocycles. The van der Waals surface area contributed by atoms with E-state index < -0.39 is 0 Å². The van der Waals surface area contributed by atoms with Gasteiger partial charge in [0.2, 0.25) is 0 Å². The van der Waals surface area contributed by atoms with Gasteiger partial charge in [-0.15, -0.1) is 0 Å². The third kappa shape index (κ3) is 4.90. The van der Waals surface area contributed by atoms with Crippen molar-refractivity contribution in [3.05, 3.63) is 35.1 Å². The van der Waals surface area contributed by atoms with Gasteiger partial charge in [0.1, 0.15) is 5.82 Å². The molecule has 1 nitrogen and oxygen atoms in total. The van der Waals surface area contributed by atoms with Crippen molar-refractivity contribution < 1.29 is 4.39 Å². The second-order valence-electron chi connectivity index (χ2n) is 7.08. The molecule has 0 saturated carbocycles. The molecule has 0 amide bonds. The number of aryl methyl sites for hydroxylation is 1. The molecule has 0 heterocycles. The number of rotatable bonds is 7. The minimum absolute atomic E-state index is 0.143. The molecular formula is C18H30FN. The lowest BCUT2D eigenvalue weighted by molar-refractivity contribution is 0.204. The molecule has 20 heavy (non-hydrogen) atoms. The topological polar surface area (TPSA) is 12.0 Å². The molecule has 1 atom stereocenters. The maximum atomic E-state index is 13.2. The summed E-state index contributed by atoms with van der Waals surface area (Å²) in [4.78, 5) is 0. The zero-order valence-electron chi connectivity index (χ0n) is 13.9. The fourth-order valence-electron chi connectivity index (χ4n) is 2.41. The molecule has 0 fully saturated rings. The van der Waals surface area contributed by atoms with Crippen LogP contribution in [0.4, 0.5) is 4.39 Å². The van der Waals surface area contributed by atoms with Gasteiger partial charge >= 0.3 is 0 Å². The lowest BCUT2D eigenvalue weighted by atomic mass is 9.73. The molecular weight excluding hydrogens is 249 g/mol. The van der Waals surface area contributed by atoms with Gasteiger partial charge in [0.25, 0.3) is 0 Å². The predicted molar refractivity (Wildman–Crippen MR) is 85.5 cm³/mol. The van der Waals surface area contributed by atoms with Crippen LogP contribution in [-0.2, 0) is 6.42 Å². The fourth-order valence-corrected chi connectivity index (χ4v) is 2.41. The summed E-state index contributed by atoms with van der Waals surface area (Å²) in [5.41, 5.74) is 2.51. The van der Waals surface area contributed by atoms with Crippen molar-refractivity contribution in [2.24, 2.45) is 17.3 Å². The van der Waals surface area contributed by atoms with Gasteiger partial charge in [0.15, 0.2) is 0 Å². The Bertz CT molecular complexity index is 425. The van der Waals surface area contributed by atoms with Gasteiger partial charge in [-0.05, 0) is 60.4 Å². The van der Waals surface area contributed by atoms with E-state index in [2.05, 4.69) is 39.9 Å². The first-order valence-electron chi connectivity index (χ1n) is 7.70. The SMILES string of the molecule is Cc1cc(F)ccc1CC(C)(CNCC(C)C)C(C)C. The van der Waals surface area contributed by atoms with Gasteiger partial charge in [-0.2, -0.15) is 0 Å². The van der Waals surface area contributed by atoms with Crippen molar-refractivity contribution in [2.45, 2.75) is 48.0 Å². The van der Waals surface area contributed by atoms with Crippen molar-refractivity contribution in [2.75, 3.05) is 13.1 Å². The minimum atomic E-state index is -0.143. The lowest BCUT2D eigenvalue weighted by Crippen LogP contribution is -2.39. The summed E-state index contributed by atoms with van der Waals surface area (Å²) in [6, 6.07) is 5.15. The highest BCUT2D eigenvalue weighted by Gasteiger charge is 2.28. The summed E-state index contributed by atoms with van der Waals surface area (Å²) in [5, 5.41) is 3.58. The molecule has 0 aromatic heterocycles. The summed E-state index contributed by atoms with van der Waals surface area (Å²) in [7, 11) is 0. The van der Waals surface area contributed by atoms with E-state index >= 15 is 0 Å². The van der Waals surface area contributed by atoms with Crippen LogP contribution in [-0.4, -0.2) is 13.1 Å². The van der Waals surface area contributed by atoms with Crippen LogP contribution in [0.25, 0.3) is 0 Å². The van der Waals surface area contributed by atoms with Gasteiger partial charge in [0, 0.05) is 6.54 Å². The van der Waals surface area contributed by atoms with Crippen LogP contribution in [0.5, 0.6) is 0 Å². The highest BCUT2D eigenvalue weighted by atomic mass is 19.1. The molecule has 1 rings (SSSR count).